The quantitative estimate of drug-likeness (QED) is 0.486. The second-order valence-corrected chi connectivity index (χ2v) is 7.35. The van der Waals surface area contributed by atoms with Crippen molar-refractivity contribution in [3.63, 3.8) is 0 Å². The first kappa shape index (κ1) is 19.6. The zero-order chi connectivity index (χ0) is 21.3. The first-order valence-electron chi connectivity index (χ1n) is 9.72. The summed E-state index contributed by atoms with van der Waals surface area (Å²) in [4.78, 5) is 43.0. The minimum absolute atomic E-state index is 0.130. The van der Waals surface area contributed by atoms with Crippen molar-refractivity contribution in [2.75, 3.05) is 11.9 Å². The van der Waals surface area contributed by atoms with Crippen LogP contribution in [0.4, 0.5) is 5.82 Å². The molecule has 0 spiro atoms. The standard InChI is InChI=1S/C23H22N4O3/c1-25(15-18-13-17-5-3-4-6-19(17)26(18)2)21(28)10-8-16-7-9-20(24-14-16)27-22(29)11-12-23(27)30/h3-10,13-14H,11-12,15H2,1-2H3/b10-8+. The maximum absolute atomic E-state index is 12.5. The molecule has 30 heavy (non-hydrogen) atoms. The number of hydrogen-bond acceptors (Lipinski definition) is 4. The van der Waals surface area contributed by atoms with E-state index in [0.29, 0.717) is 17.9 Å². The summed E-state index contributed by atoms with van der Waals surface area (Å²) in [7, 11) is 3.76. The van der Waals surface area contributed by atoms with Crippen molar-refractivity contribution in [3.8, 4) is 0 Å². The second kappa shape index (κ2) is 7.94. The lowest BCUT2D eigenvalue weighted by atomic mass is 10.2. The van der Waals surface area contributed by atoms with Crippen molar-refractivity contribution in [2.45, 2.75) is 19.4 Å². The Morgan fingerprint density at radius 3 is 2.53 bits per heavy atom. The molecule has 2 aromatic heterocycles. The third-order valence-electron chi connectivity index (χ3n) is 5.30. The molecule has 1 aliphatic rings. The third kappa shape index (κ3) is 3.74. The molecule has 1 saturated heterocycles. The molecule has 1 fully saturated rings. The van der Waals surface area contributed by atoms with E-state index in [4.69, 9.17) is 0 Å². The Morgan fingerprint density at radius 1 is 1.13 bits per heavy atom. The van der Waals surface area contributed by atoms with E-state index in [0.717, 1.165) is 21.5 Å². The number of imide groups is 1. The van der Waals surface area contributed by atoms with Crippen LogP contribution >= 0.6 is 0 Å². The maximum Gasteiger partial charge on any atom is 0.246 e. The van der Waals surface area contributed by atoms with Crippen LogP contribution in [-0.4, -0.2) is 39.2 Å². The van der Waals surface area contributed by atoms with E-state index in [1.54, 1.807) is 36.4 Å². The molecule has 7 heteroatoms. The third-order valence-corrected chi connectivity index (χ3v) is 5.30. The van der Waals surface area contributed by atoms with Crippen molar-refractivity contribution in [1.82, 2.24) is 14.5 Å². The molecule has 4 rings (SSSR count). The number of rotatable bonds is 5. The molecule has 1 aliphatic heterocycles. The molecular formula is C23H22N4O3. The molecule has 0 saturated carbocycles. The van der Waals surface area contributed by atoms with Crippen molar-refractivity contribution in [1.29, 1.82) is 0 Å². The largest absolute Gasteiger partial charge is 0.346 e. The van der Waals surface area contributed by atoms with Crippen LogP contribution < -0.4 is 4.90 Å². The van der Waals surface area contributed by atoms with Gasteiger partial charge in [-0.1, -0.05) is 18.2 Å². The minimum Gasteiger partial charge on any atom is -0.346 e. The zero-order valence-electron chi connectivity index (χ0n) is 16.9. The van der Waals surface area contributed by atoms with Gasteiger partial charge in [0.05, 0.1) is 6.54 Å². The second-order valence-electron chi connectivity index (χ2n) is 7.35. The van der Waals surface area contributed by atoms with Crippen LogP contribution in [0.15, 0.2) is 54.7 Å². The van der Waals surface area contributed by atoms with E-state index in [1.807, 2.05) is 19.2 Å². The molecule has 7 nitrogen and oxygen atoms in total. The van der Waals surface area contributed by atoms with Gasteiger partial charge in [-0.2, -0.15) is 0 Å². The van der Waals surface area contributed by atoms with Crippen LogP contribution in [-0.2, 0) is 28.0 Å². The zero-order valence-corrected chi connectivity index (χ0v) is 16.9. The van der Waals surface area contributed by atoms with Gasteiger partial charge in [-0.3, -0.25) is 14.4 Å². The lowest BCUT2D eigenvalue weighted by Crippen LogP contribution is -2.29. The first-order chi connectivity index (χ1) is 14.4. The number of benzene rings is 1. The molecule has 3 amide bonds. The number of anilines is 1. The molecule has 0 bridgehead atoms. The van der Waals surface area contributed by atoms with Crippen molar-refractivity contribution < 1.29 is 14.4 Å². The Bertz CT molecular complexity index is 1140. The highest BCUT2D eigenvalue weighted by Gasteiger charge is 2.30. The van der Waals surface area contributed by atoms with Crippen LogP contribution in [0, 0.1) is 0 Å². The van der Waals surface area contributed by atoms with E-state index in [-0.39, 0.29) is 30.6 Å². The van der Waals surface area contributed by atoms with Gasteiger partial charge in [0, 0.05) is 50.4 Å². The number of carbonyl (C=O) groups excluding carboxylic acids is 3. The van der Waals surface area contributed by atoms with Crippen LogP contribution in [0.3, 0.4) is 0 Å². The number of pyridine rings is 1. The Balaban J connectivity index is 1.42. The highest BCUT2D eigenvalue weighted by atomic mass is 16.2. The minimum atomic E-state index is -0.235. The number of fused-ring (bicyclic) bond motifs is 1. The van der Waals surface area contributed by atoms with Crippen LogP contribution in [0.5, 0.6) is 0 Å². The van der Waals surface area contributed by atoms with Crippen molar-refractivity contribution in [3.05, 3.63) is 66.0 Å². The predicted molar refractivity (Wildman–Crippen MR) is 114 cm³/mol. The summed E-state index contributed by atoms with van der Waals surface area (Å²) in [6.07, 6.45) is 5.15. The number of para-hydroxylation sites is 1. The van der Waals surface area contributed by atoms with Gasteiger partial charge in [0.25, 0.3) is 0 Å². The number of likely N-dealkylation sites (N-methyl/N-ethyl adjacent to an activating group) is 1. The monoisotopic (exact) mass is 402 g/mol. The van der Waals surface area contributed by atoms with Gasteiger partial charge in [-0.05, 0) is 41.3 Å². The Morgan fingerprint density at radius 2 is 1.87 bits per heavy atom. The smallest absolute Gasteiger partial charge is 0.246 e. The van der Waals surface area contributed by atoms with Gasteiger partial charge in [0.2, 0.25) is 17.7 Å². The molecule has 0 unspecified atom stereocenters. The fraction of sp³-hybridized carbons (Fsp3) is 0.217. The summed E-state index contributed by atoms with van der Waals surface area (Å²) < 4.78 is 2.09. The number of amides is 3. The normalized spacial score (nSPS) is 14.3. The van der Waals surface area contributed by atoms with Crippen molar-refractivity contribution in [2.24, 2.45) is 7.05 Å². The number of hydrogen-bond donors (Lipinski definition) is 0. The highest BCUT2D eigenvalue weighted by molar-refractivity contribution is 6.19. The van der Waals surface area contributed by atoms with E-state index in [1.165, 1.54) is 6.08 Å². The van der Waals surface area contributed by atoms with Gasteiger partial charge in [0.1, 0.15) is 5.82 Å². The van der Waals surface area contributed by atoms with Gasteiger partial charge in [-0.25, -0.2) is 9.88 Å². The maximum atomic E-state index is 12.5. The summed E-state index contributed by atoms with van der Waals surface area (Å²) >= 11 is 0. The number of carbonyl (C=O) groups is 3. The molecule has 3 aromatic rings. The lowest BCUT2D eigenvalue weighted by molar-refractivity contribution is -0.125. The Kier molecular flexibility index (Phi) is 5.18. The average molecular weight is 402 g/mol. The summed E-state index contributed by atoms with van der Waals surface area (Å²) in [5.74, 6) is -0.282. The SMILES string of the molecule is CN(Cc1cc2ccccc2n1C)C(=O)/C=C/c1ccc(N2C(=O)CCC2=O)nc1. The highest BCUT2D eigenvalue weighted by Crippen LogP contribution is 2.21. The summed E-state index contributed by atoms with van der Waals surface area (Å²) in [6, 6.07) is 13.5. The number of aromatic nitrogens is 2. The van der Waals surface area contributed by atoms with Crippen LogP contribution in [0.1, 0.15) is 24.1 Å². The van der Waals surface area contributed by atoms with Gasteiger partial charge in [0.15, 0.2) is 0 Å². The topological polar surface area (TPSA) is 75.5 Å². The number of aryl methyl sites for hydroxylation is 1. The van der Waals surface area contributed by atoms with E-state index >= 15 is 0 Å². The summed E-state index contributed by atoms with van der Waals surface area (Å²) in [5, 5.41) is 1.15. The van der Waals surface area contributed by atoms with E-state index in [2.05, 4.69) is 27.8 Å². The fourth-order valence-electron chi connectivity index (χ4n) is 3.57. The lowest BCUT2D eigenvalue weighted by Gasteiger charge is -2.16. The molecule has 0 aliphatic carbocycles. The van der Waals surface area contributed by atoms with Gasteiger partial charge >= 0.3 is 0 Å². The van der Waals surface area contributed by atoms with Crippen LogP contribution in [0.25, 0.3) is 17.0 Å². The van der Waals surface area contributed by atoms with E-state index in [9.17, 15) is 14.4 Å². The summed E-state index contributed by atoms with van der Waals surface area (Å²) in [6.45, 7) is 0.491. The Labute approximate surface area is 174 Å². The molecule has 0 N–H and O–H groups in total. The van der Waals surface area contributed by atoms with Gasteiger partial charge < -0.3 is 9.47 Å². The predicted octanol–water partition coefficient (Wildman–Crippen LogP) is 2.90. The molecule has 1 aromatic carbocycles. The van der Waals surface area contributed by atoms with Crippen LogP contribution in [0.2, 0.25) is 0 Å². The molecular weight excluding hydrogens is 380 g/mol. The Hall–Kier alpha value is -3.74. The molecule has 152 valence electrons. The van der Waals surface area contributed by atoms with E-state index < -0.39 is 0 Å². The molecule has 3 heterocycles. The molecule has 0 atom stereocenters. The average Bonchev–Trinajstić information content (AvgIpc) is 3.25. The fourth-order valence-corrected chi connectivity index (χ4v) is 3.57. The molecule has 0 radical (unpaired) electrons. The summed E-state index contributed by atoms with van der Waals surface area (Å²) in [5.41, 5.74) is 2.89. The van der Waals surface area contributed by atoms with Gasteiger partial charge in [-0.15, -0.1) is 0 Å². The van der Waals surface area contributed by atoms with Crippen molar-refractivity contribution >= 4 is 40.5 Å². The first-order valence-corrected chi connectivity index (χ1v) is 9.72. The number of nitrogens with zero attached hydrogens (tertiary/aromatic N) is 4.